The summed E-state index contributed by atoms with van der Waals surface area (Å²) in [5.41, 5.74) is 2.58. The van der Waals surface area contributed by atoms with Crippen LogP contribution in [-0.4, -0.2) is 47.6 Å². The molecule has 3 rings (SSSR count). The summed E-state index contributed by atoms with van der Waals surface area (Å²) in [6.45, 7) is 7.39. The van der Waals surface area contributed by atoms with Crippen molar-refractivity contribution in [2.45, 2.75) is 19.9 Å². The first-order chi connectivity index (χ1) is 9.58. The van der Waals surface area contributed by atoms with E-state index in [1.54, 1.807) is 11.3 Å². The maximum absolute atomic E-state index is 5.51. The van der Waals surface area contributed by atoms with Gasteiger partial charge in [-0.15, -0.1) is 11.3 Å². The van der Waals surface area contributed by atoms with Gasteiger partial charge in [0.1, 0.15) is 10.6 Å². The highest BCUT2D eigenvalue weighted by Crippen LogP contribution is 2.33. The SMILES string of the molecule is Cc1cc2c(N3CCN(C)CC3C)nc(NN)nc2s1. The van der Waals surface area contributed by atoms with Crippen molar-refractivity contribution >= 4 is 33.3 Å². The number of hydrogen-bond donors (Lipinski definition) is 2. The van der Waals surface area contributed by atoms with Crippen LogP contribution in [0, 0.1) is 6.92 Å². The molecule has 3 N–H and O–H groups in total. The quantitative estimate of drug-likeness (QED) is 0.644. The first-order valence-corrected chi connectivity index (χ1v) is 7.60. The van der Waals surface area contributed by atoms with Crippen LogP contribution in [0.5, 0.6) is 0 Å². The lowest BCUT2D eigenvalue weighted by molar-refractivity contribution is 0.275. The molecule has 1 unspecified atom stereocenters. The molecule has 6 nitrogen and oxygen atoms in total. The smallest absolute Gasteiger partial charge is 0.240 e. The minimum absolute atomic E-state index is 0.428. The zero-order chi connectivity index (χ0) is 14.3. The van der Waals surface area contributed by atoms with Crippen LogP contribution in [0.3, 0.4) is 0 Å². The Kier molecular flexibility index (Phi) is 3.49. The summed E-state index contributed by atoms with van der Waals surface area (Å²) < 4.78 is 0. The summed E-state index contributed by atoms with van der Waals surface area (Å²) in [4.78, 5) is 16.0. The Morgan fingerprint density at radius 1 is 1.40 bits per heavy atom. The second kappa shape index (κ2) is 5.16. The highest BCUT2D eigenvalue weighted by molar-refractivity contribution is 7.18. The molecule has 1 saturated heterocycles. The number of likely N-dealkylation sites (N-methyl/N-ethyl adjacent to an activating group) is 1. The number of aromatic nitrogens is 2. The Morgan fingerprint density at radius 2 is 2.20 bits per heavy atom. The molecular weight excluding hydrogens is 272 g/mol. The van der Waals surface area contributed by atoms with Crippen LogP contribution in [0.4, 0.5) is 11.8 Å². The Bertz CT molecular complexity index is 625. The number of rotatable bonds is 2. The Hall–Kier alpha value is -1.44. The molecule has 1 aliphatic rings. The predicted octanol–water partition coefficient (Wildman–Crippen LogP) is 1.43. The standard InChI is InChI=1S/C13H20N6S/c1-8-7-18(3)4-5-19(8)11-10-6-9(2)20-12(10)16-13(15-11)17-14/h6,8H,4-5,7,14H2,1-3H3,(H,15,16,17). The van der Waals surface area contributed by atoms with Crippen LogP contribution < -0.4 is 16.2 Å². The molecule has 0 aliphatic carbocycles. The summed E-state index contributed by atoms with van der Waals surface area (Å²) in [5.74, 6) is 6.99. The van der Waals surface area contributed by atoms with Crippen molar-refractivity contribution in [3.63, 3.8) is 0 Å². The van der Waals surface area contributed by atoms with Crippen molar-refractivity contribution in [1.82, 2.24) is 14.9 Å². The average molecular weight is 292 g/mol. The van der Waals surface area contributed by atoms with Crippen LogP contribution >= 0.6 is 11.3 Å². The maximum atomic E-state index is 5.51. The molecule has 0 spiro atoms. The zero-order valence-corrected chi connectivity index (χ0v) is 12.9. The average Bonchev–Trinajstić information content (AvgIpc) is 2.78. The summed E-state index contributed by atoms with van der Waals surface area (Å²) in [6, 6.07) is 2.60. The van der Waals surface area contributed by atoms with Gasteiger partial charge in [0.15, 0.2) is 0 Å². The van der Waals surface area contributed by atoms with Crippen molar-refractivity contribution in [2.75, 3.05) is 37.0 Å². The number of nitrogens with two attached hydrogens (primary N) is 1. The zero-order valence-electron chi connectivity index (χ0n) is 12.1. The number of hydrazine groups is 1. The molecule has 20 heavy (non-hydrogen) atoms. The summed E-state index contributed by atoms with van der Waals surface area (Å²) in [5, 5.41) is 1.13. The number of anilines is 2. The second-order valence-corrected chi connectivity index (χ2v) is 6.63. The van der Waals surface area contributed by atoms with Gasteiger partial charge in [-0.05, 0) is 27.0 Å². The van der Waals surface area contributed by atoms with E-state index in [-0.39, 0.29) is 0 Å². The van der Waals surface area contributed by atoms with E-state index in [1.807, 2.05) is 0 Å². The molecule has 1 aliphatic heterocycles. The van der Waals surface area contributed by atoms with E-state index in [4.69, 9.17) is 5.84 Å². The third kappa shape index (κ3) is 2.32. The minimum atomic E-state index is 0.428. The van der Waals surface area contributed by atoms with E-state index < -0.39 is 0 Å². The molecule has 1 fully saturated rings. The molecule has 2 aromatic heterocycles. The van der Waals surface area contributed by atoms with E-state index in [0.717, 1.165) is 35.7 Å². The molecule has 108 valence electrons. The van der Waals surface area contributed by atoms with Gasteiger partial charge in [-0.3, -0.25) is 5.43 Å². The summed E-state index contributed by atoms with van der Waals surface area (Å²) in [7, 11) is 2.16. The highest BCUT2D eigenvalue weighted by Gasteiger charge is 2.25. The molecule has 7 heteroatoms. The van der Waals surface area contributed by atoms with E-state index in [0.29, 0.717) is 12.0 Å². The second-order valence-electron chi connectivity index (χ2n) is 5.40. The van der Waals surface area contributed by atoms with Gasteiger partial charge in [-0.2, -0.15) is 4.98 Å². The number of piperazine rings is 1. The molecular formula is C13H20N6S. The van der Waals surface area contributed by atoms with Gasteiger partial charge < -0.3 is 9.80 Å². The summed E-state index contributed by atoms with van der Waals surface area (Å²) in [6.07, 6.45) is 0. The van der Waals surface area contributed by atoms with E-state index in [1.165, 1.54) is 4.88 Å². The fourth-order valence-corrected chi connectivity index (χ4v) is 3.64. The Labute approximate surface area is 122 Å². The Balaban J connectivity index is 2.09. The van der Waals surface area contributed by atoms with Crippen molar-refractivity contribution in [1.29, 1.82) is 0 Å². The van der Waals surface area contributed by atoms with Gasteiger partial charge >= 0.3 is 0 Å². The van der Waals surface area contributed by atoms with E-state index in [2.05, 4.69) is 52.2 Å². The lowest BCUT2D eigenvalue weighted by atomic mass is 10.2. The normalized spacial score (nSPS) is 20.6. The molecule has 0 aromatic carbocycles. The first kappa shape index (κ1) is 13.5. The topological polar surface area (TPSA) is 70.3 Å². The maximum Gasteiger partial charge on any atom is 0.240 e. The van der Waals surface area contributed by atoms with Crippen LogP contribution in [-0.2, 0) is 0 Å². The number of thiophene rings is 1. The number of nitrogens with zero attached hydrogens (tertiary/aromatic N) is 4. The molecule has 2 aromatic rings. The van der Waals surface area contributed by atoms with Gasteiger partial charge in [-0.1, -0.05) is 0 Å². The van der Waals surface area contributed by atoms with Crippen molar-refractivity contribution in [3.05, 3.63) is 10.9 Å². The number of nitrogens with one attached hydrogen (secondary N) is 1. The van der Waals surface area contributed by atoms with Crippen molar-refractivity contribution < 1.29 is 0 Å². The molecule has 0 amide bonds. The van der Waals surface area contributed by atoms with Crippen molar-refractivity contribution in [2.24, 2.45) is 5.84 Å². The van der Waals surface area contributed by atoms with Crippen molar-refractivity contribution in [3.8, 4) is 0 Å². The van der Waals surface area contributed by atoms with Gasteiger partial charge in [0.25, 0.3) is 0 Å². The number of fused-ring (bicyclic) bond motifs is 1. The van der Waals surface area contributed by atoms with Gasteiger partial charge in [0.2, 0.25) is 5.95 Å². The number of aryl methyl sites for hydroxylation is 1. The van der Waals surface area contributed by atoms with Gasteiger partial charge in [-0.25, -0.2) is 10.8 Å². The molecule has 0 saturated carbocycles. The number of nitrogen functional groups attached to an aromatic ring is 1. The third-order valence-corrected chi connectivity index (χ3v) is 4.67. The monoisotopic (exact) mass is 292 g/mol. The third-order valence-electron chi connectivity index (χ3n) is 3.73. The largest absolute Gasteiger partial charge is 0.351 e. The molecule has 0 radical (unpaired) electrons. The Morgan fingerprint density at radius 3 is 2.90 bits per heavy atom. The highest BCUT2D eigenvalue weighted by atomic mass is 32.1. The summed E-state index contributed by atoms with van der Waals surface area (Å²) >= 11 is 1.68. The molecule has 3 heterocycles. The van der Waals surface area contributed by atoms with E-state index in [9.17, 15) is 0 Å². The van der Waals surface area contributed by atoms with Gasteiger partial charge in [0, 0.05) is 30.6 Å². The first-order valence-electron chi connectivity index (χ1n) is 6.78. The van der Waals surface area contributed by atoms with Crippen LogP contribution in [0.15, 0.2) is 6.07 Å². The van der Waals surface area contributed by atoms with Gasteiger partial charge in [0.05, 0.1) is 5.39 Å². The minimum Gasteiger partial charge on any atom is -0.351 e. The predicted molar refractivity (Wildman–Crippen MR) is 84.3 cm³/mol. The van der Waals surface area contributed by atoms with E-state index >= 15 is 0 Å². The lowest BCUT2D eigenvalue weighted by Crippen LogP contribution is -2.51. The van der Waals surface area contributed by atoms with Crippen LogP contribution in [0.1, 0.15) is 11.8 Å². The lowest BCUT2D eigenvalue weighted by Gasteiger charge is -2.39. The fraction of sp³-hybridized carbons (Fsp3) is 0.538. The molecule has 0 bridgehead atoms. The van der Waals surface area contributed by atoms with Crippen LogP contribution in [0.2, 0.25) is 0 Å². The fourth-order valence-electron chi connectivity index (χ4n) is 2.76. The molecule has 1 atom stereocenters. The number of hydrogen-bond acceptors (Lipinski definition) is 7. The van der Waals surface area contributed by atoms with Crippen LogP contribution in [0.25, 0.3) is 10.2 Å².